The number of carbonyl (C=O) groups is 1. The van der Waals surface area contributed by atoms with Gasteiger partial charge in [0.15, 0.2) is 0 Å². The van der Waals surface area contributed by atoms with Crippen molar-refractivity contribution in [2.75, 3.05) is 20.2 Å². The summed E-state index contributed by atoms with van der Waals surface area (Å²) in [6.07, 6.45) is 2.88. The summed E-state index contributed by atoms with van der Waals surface area (Å²) in [5.74, 6) is 0.775. The highest BCUT2D eigenvalue weighted by molar-refractivity contribution is 5.95. The van der Waals surface area contributed by atoms with E-state index in [-0.39, 0.29) is 11.9 Å². The molecule has 1 aliphatic heterocycles. The van der Waals surface area contributed by atoms with Crippen LogP contribution in [-0.4, -0.2) is 30.7 Å². The van der Waals surface area contributed by atoms with Crippen molar-refractivity contribution in [3.8, 4) is 16.9 Å². The lowest BCUT2D eigenvalue weighted by Gasteiger charge is -2.25. The molecule has 21 heavy (non-hydrogen) atoms. The predicted molar refractivity (Wildman–Crippen MR) is 81.5 cm³/mol. The van der Waals surface area contributed by atoms with Crippen molar-refractivity contribution >= 4 is 5.91 Å². The number of amides is 1. The third kappa shape index (κ3) is 2.52. The summed E-state index contributed by atoms with van der Waals surface area (Å²) >= 11 is 0. The van der Waals surface area contributed by atoms with Crippen LogP contribution >= 0.6 is 0 Å². The van der Waals surface area contributed by atoms with Crippen LogP contribution in [0, 0.1) is 0 Å². The SMILES string of the molecule is COc1cccc(-c2cc3n(c2)C(CCN)CNC3=O)c1. The lowest BCUT2D eigenvalue weighted by molar-refractivity contribution is 0.0913. The number of hydrogen-bond donors (Lipinski definition) is 2. The van der Waals surface area contributed by atoms with Gasteiger partial charge in [0.05, 0.1) is 13.2 Å². The highest BCUT2D eigenvalue weighted by atomic mass is 16.5. The van der Waals surface area contributed by atoms with Crippen molar-refractivity contribution in [2.24, 2.45) is 5.73 Å². The molecule has 2 heterocycles. The number of benzene rings is 1. The van der Waals surface area contributed by atoms with Crippen molar-refractivity contribution in [1.29, 1.82) is 0 Å². The Kier molecular flexibility index (Phi) is 3.66. The third-order valence-electron chi connectivity index (χ3n) is 3.88. The number of aromatic nitrogens is 1. The zero-order valence-corrected chi connectivity index (χ0v) is 12.0. The van der Waals surface area contributed by atoms with Gasteiger partial charge >= 0.3 is 0 Å². The molecule has 110 valence electrons. The van der Waals surface area contributed by atoms with E-state index in [2.05, 4.69) is 5.32 Å². The van der Waals surface area contributed by atoms with Crippen LogP contribution in [-0.2, 0) is 0 Å². The normalized spacial score (nSPS) is 17.2. The molecule has 1 atom stereocenters. The number of rotatable bonds is 4. The van der Waals surface area contributed by atoms with Crippen molar-refractivity contribution in [1.82, 2.24) is 9.88 Å². The van der Waals surface area contributed by atoms with Gasteiger partial charge in [0.2, 0.25) is 0 Å². The summed E-state index contributed by atoms with van der Waals surface area (Å²) in [5.41, 5.74) is 8.41. The van der Waals surface area contributed by atoms with E-state index < -0.39 is 0 Å². The summed E-state index contributed by atoms with van der Waals surface area (Å²) in [5, 5.41) is 2.92. The van der Waals surface area contributed by atoms with Crippen LogP contribution in [0.4, 0.5) is 0 Å². The van der Waals surface area contributed by atoms with E-state index in [4.69, 9.17) is 10.5 Å². The zero-order valence-electron chi connectivity index (χ0n) is 12.0. The first-order valence-corrected chi connectivity index (χ1v) is 7.07. The fourth-order valence-electron chi connectivity index (χ4n) is 2.76. The monoisotopic (exact) mass is 285 g/mol. The minimum atomic E-state index is -0.0302. The van der Waals surface area contributed by atoms with Gasteiger partial charge in [-0.3, -0.25) is 4.79 Å². The fourth-order valence-corrected chi connectivity index (χ4v) is 2.76. The Morgan fingerprint density at radius 2 is 2.24 bits per heavy atom. The Labute approximate surface area is 123 Å². The molecular formula is C16H19N3O2. The first-order valence-electron chi connectivity index (χ1n) is 7.07. The van der Waals surface area contributed by atoms with E-state index in [0.29, 0.717) is 18.8 Å². The van der Waals surface area contributed by atoms with Crippen LogP contribution in [0.1, 0.15) is 23.0 Å². The van der Waals surface area contributed by atoms with Gasteiger partial charge in [0, 0.05) is 18.3 Å². The quantitative estimate of drug-likeness (QED) is 0.900. The molecule has 3 N–H and O–H groups in total. The maximum Gasteiger partial charge on any atom is 0.268 e. The van der Waals surface area contributed by atoms with Gasteiger partial charge < -0.3 is 20.4 Å². The number of carbonyl (C=O) groups excluding carboxylic acids is 1. The highest BCUT2D eigenvalue weighted by Crippen LogP contribution is 2.29. The smallest absolute Gasteiger partial charge is 0.268 e. The molecule has 1 aromatic carbocycles. The summed E-state index contributed by atoms with van der Waals surface area (Å²) in [7, 11) is 1.65. The molecule has 3 rings (SSSR count). The average molecular weight is 285 g/mol. The van der Waals surface area contributed by atoms with Gasteiger partial charge in [-0.15, -0.1) is 0 Å². The highest BCUT2D eigenvalue weighted by Gasteiger charge is 2.25. The Balaban J connectivity index is 2.01. The molecule has 5 heteroatoms. The molecule has 1 aliphatic rings. The second-order valence-corrected chi connectivity index (χ2v) is 5.19. The van der Waals surface area contributed by atoms with Crippen LogP contribution in [0.15, 0.2) is 36.5 Å². The second-order valence-electron chi connectivity index (χ2n) is 5.19. The van der Waals surface area contributed by atoms with E-state index in [1.807, 2.05) is 41.1 Å². The van der Waals surface area contributed by atoms with Crippen LogP contribution in [0.5, 0.6) is 5.75 Å². The second kappa shape index (κ2) is 5.61. The predicted octanol–water partition coefficient (Wildman–Crippen LogP) is 1.80. The molecule has 0 fully saturated rings. The first-order chi connectivity index (χ1) is 10.2. The largest absolute Gasteiger partial charge is 0.497 e. The number of nitrogens with one attached hydrogen (secondary N) is 1. The van der Waals surface area contributed by atoms with E-state index >= 15 is 0 Å². The minimum Gasteiger partial charge on any atom is -0.497 e. The number of ether oxygens (including phenoxy) is 1. The van der Waals surface area contributed by atoms with Crippen molar-refractivity contribution < 1.29 is 9.53 Å². The molecular weight excluding hydrogens is 266 g/mol. The van der Waals surface area contributed by atoms with Gasteiger partial charge in [-0.05, 0) is 36.7 Å². The van der Waals surface area contributed by atoms with E-state index in [1.165, 1.54) is 0 Å². The Morgan fingerprint density at radius 3 is 3.00 bits per heavy atom. The topological polar surface area (TPSA) is 69.3 Å². The summed E-state index contributed by atoms with van der Waals surface area (Å²) in [6, 6.07) is 9.98. The zero-order chi connectivity index (χ0) is 14.8. The van der Waals surface area contributed by atoms with Crippen LogP contribution < -0.4 is 15.8 Å². The molecule has 1 amide bonds. The van der Waals surface area contributed by atoms with Gasteiger partial charge in [-0.2, -0.15) is 0 Å². The van der Waals surface area contributed by atoms with E-state index in [9.17, 15) is 4.79 Å². The van der Waals surface area contributed by atoms with Crippen molar-refractivity contribution in [2.45, 2.75) is 12.5 Å². The van der Waals surface area contributed by atoms with Crippen LogP contribution in [0.2, 0.25) is 0 Å². The third-order valence-corrected chi connectivity index (χ3v) is 3.88. The number of nitrogens with two attached hydrogens (primary N) is 1. The Morgan fingerprint density at radius 1 is 1.38 bits per heavy atom. The first kappa shape index (κ1) is 13.7. The minimum absolute atomic E-state index is 0.0302. The van der Waals surface area contributed by atoms with Crippen molar-refractivity contribution in [3.05, 3.63) is 42.2 Å². The summed E-state index contributed by atoms with van der Waals surface area (Å²) < 4.78 is 7.30. The lowest BCUT2D eigenvalue weighted by Crippen LogP contribution is -2.39. The number of methoxy groups -OCH3 is 1. The molecule has 5 nitrogen and oxygen atoms in total. The van der Waals surface area contributed by atoms with Gasteiger partial charge in [-0.25, -0.2) is 0 Å². The maximum absolute atomic E-state index is 12.0. The fraction of sp³-hybridized carbons (Fsp3) is 0.312. The number of fused-ring (bicyclic) bond motifs is 1. The summed E-state index contributed by atoms with van der Waals surface area (Å²) in [4.78, 5) is 12.0. The van der Waals surface area contributed by atoms with Crippen molar-refractivity contribution in [3.63, 3.8) is 0 Å². The molecule has 0 aliphatic carbocycles. The molecule has 2 aromatic rings. The van der Waals surface area contributed by atoms with Crippen LogP contribution in [0.25, 0.3) is 11.1 Å². The standard InChI is InChI=1S/C16H19N3O2/c1-21-14-4-2-3-11(7-14)12-8-15-16(20)18-9-13(5-6-17)19(15)10-12/h2-4,7-8,10,13H,5-6,9,17H2,1H3,(H,18,20). The molecule has 0 spiro atoms. The van der Waals surface area contributed by atoms with Gasteiger partial charge in [-0.1, -0.05) is 12.1 Å². The lowest BCUT2D eigenvalue weighted by atomic mass is 10.1. The Bertz CT molecular complexity index is 663. The van der Waals surface area contributed by atoms with Crippen LogP contribution in [0.3, 0.4) is 0 Å². The molecule has 0 saturated heterocycles. The van der Waals surface area contributed by atoms with Gasteiger partial charge in [0.1, 0.15) is 11.4 Å². The van der Waals surface area contributed by atoms with E-state index in [1.54, 1.807) is 7.11 Å². The molecule has 0 saturated carbocycles. The number of nitrogens with zero attached hydrogens (tertiary/aromatic N) is 1. The molecule has 1 aromatic heterocycles. The van der Waals surface area contributed by atoms with Gasteiger partial charge in [0.25, 0.3) is 5.91 Å². The molecule has 1 unspecified atom stereocenters. The number of hydrogen-bond acceptors (Lipinski definition) is 3. The van der Waals surface area contributed by atoms with E-state index in [0.717, 1.165) is 23.3 Å². The Hall–Kier alpha value is -2.27. The molecule has 0 radical (unpaired) electrons. The maximum atomic E-state index is 12.0. The average Bonchev–Trinajstić information content (AvgIpc) is 2.97. The molecule has 0 bridgehead atoms. The summed E-state index contributed by atoms with van der Waals surface area (Å²) in [6.45, 7) is 1.24.